The Labute approximate surface area is 177 Å². The van der Waals surface area contributed by atoms with E-state index in [0.29, 0.717) is 44.0 Å². The highest BCUT2D eigenvalue weighted by molar-refractivity contribution is 6.31. The second kappa shape index (κ2) is 9.57. The van der Waals surface area contributed by atoms with E-state index in [-0.39, 0.29) is 23.3 Å². The minimum Gasteiger partial charge on any atom is -0.497 e. The Balaban J connectivity index is 1.45. The van der Waals surface area contributed by atoms with Gasteiger partial charge in [0.15, 0.2) is 0 Å². The first-order chi connectivity index (χ1) is 14.3. The quantitative estimate of drug-likeness (QED) is 0.672. The molecule has 0 atom stereocenters. The molecule has 0 aliphatic carbocycles. The van der Waals surface area contributed by atoms with Crippen molar-refractivity contribution in [1.29, 1.82) is 0 Å². The molecule has 0 spiro atoms. The number of piperazine rings is 1. The number of rotatable bonds is 6. The Morgan fingerprint density at radius 3 is 2.27 bits per heavy atom. The SMILES string of the molecule is COc1ccc(C(=O)N2CCN(CCOc3ccc(Cl)c(C(F)(F)F)c3)CC2)cc1. The molecule has 30 heavy (non-hydrogen) atoms. The van der Waals surface area contributed by atoms with Crippen LogP contribution in [0.5, 0.6) is 11.5 Å². The molecule has 0 saturated carbocycles. The molecule has 0 radical (unpaired) electrons. The summed E-state index contributed by atoms with van der Waals surface area (Å²) in [5, 5.41) is -0.354. The van der Waals surface area contributed by atoms with Gasteiger partial charge in [0.05, 0.1) is 17.7 Å². The molecule has 0 N–H and O–H groups in total. The first-order valence-electron chi connectivity index (χ1n) is 9.43. The lowest BCUT2D eigenvalue weighted by Crippen LogP contribution is -2.49. The Morgan fingerprint density at radius 1 is 1.03 bits per heavy atom. The first-order valence-corrected chi connectivity index (χ1v) is 9.81. The average molecular weight is 443 g/mol. The molecule has 0 unspecified atom stereocenters. The van der Waals surface area contributed by atoms with Crippen LogP contribution in [0.15, 0.2) is 42.5 Å². The molecule has 162 valence electrons. The van der Waals surface area contributed by atoms with Crippen LogP contribution in [0.4, 0.5) is 13.2 Å². The number of halogens is 4. The number of benzene rings is 2. The second-order valence-corrected chi connectivity index (χ2v) is 7.26. The Kier molecular flexibility index (Phi) is 7.10. The molecule has 3 rings (SSSR count). The molecule has 9 heteroatoms. The second-order valence-electron chi connectivity index (χ2n) is 6.85. The summed E-state index contributed by atoms with van der Waals surface area (Å²) in [4.78, 5) is 16.5. The van der Waals surface area contributed by atoms with Gasteiger partial charge in [-0.3, -0.25) is 9.69 Å². The highest BCUT2D eigenvalue weighted by Crippen LogP contribution is 2.36. The molecule has 1 aliphatic heterocycles. The van der Waals surface area contributed by atoms with E-state index in [1.165, 1.54) is 12.1 Å². The van der Waals surface area contributed by atoms with Gasteiger partial charge in [0.25, 0.3) is 5.91 Å². The van der Waals surface area contributed by atoms with Crippen molar-refractivity contribution in [3.8, 4) is 11.5 Å². The molecule has 1 amide bonds. The number of carbonyl (C=O) groups is 1. The predicted molar refractivity (Wildman–Crippen MR) is 107 cm³/mol. The number of amides is 1. The van der Waals surface area contributed by atoms with E-state index in [9.17, 15) is 18.0 Å². The van der Waals surface area contributed by atoms with Crippen LogP contribution in [0.3, 0.4) is 0 Å². The molecular weight excluding hydrogens is 421 g/mol. The average Bonchev–Trinajstić information content (AvgIpc) is 2.74. The normalized spacial score (nSPS) is 15.2. The van der Waals surface area contributed by atoms with E-state index in [2.05, 4.69) is 4.90 Å². The summed E-state index contributed by atoms with van der Waals surface area (Å²) >= 11 is 5.61. The standard InChI is InChI=1S/C21H22ClF3N2O3/c1-29-16-4-2-15(3-5-16)20(28)27-10-8-26(9-11-27)12-13-30-17-6-7-19(22)18(14-17)21(23,24)25/h2-7,14H,8-13H2,1H3. The molecule has 1 heterocycles. The van der Waals surface area contributed by atoms with Crippen molar-refractivity contribution < 1.29 is 27.4 Å². The van der Waals surface area contributed by atoms with E-state index < -0.39 is 11.7 Å². The lowest BCUT2D eigenvalue weighted by atomic mass is 10.1. The van der Waals surface area contributed by atoms with E-state index >= 15 is 0 Å². The maximum absolute atomic E-state index is 12.9. The van der Waals surface area contributed by atoms with Gasteiger partial charge >= 0.3 is 6.18 Å². The van der Waals surface area contributed by atoms with Crippen molar-refractivity contribution in [3.63, 3.8) is 0 Å². The molecule has 5 nitrogen and oxygen atoms in total. The number of hydrogen-bond donors (Lipinski definition) is 0. The monoisotopic (exact) mass is 442 g/mol. The van der Waals surface area contributed by atoms with Gasteiger partial charge in [0.2, 0.25) is 0 Å². The zero-order valence-corrected chi connectivity index (χ0v) is 17.2. The number of nitrogens with zero attached hydrogens (tertiary/aromatic N) is 2. The summed E-state index contributed by atoms with van der Waals surface area (Å²) in [5.41, 5.74) is -0.303. The minimum atomic E-state index is -4.52. The van der Waals surface area contributed by atoms with Crippen molar-refractivity contribution >= 4 is 17.5 Å². The molecule has 0 bridgehead atoms. The summed E-state index contributed by atoms with van der Waals surface area (Å²) in [6, 6.07) is 10.5. The fourth-order valence-electron chi connectivity index (χ4n) is 3.19. The fraction of sp³-hybridized carbons (Fsp3) is 0.381. The number of ether oxygens (including phenoxy) is 2. The summed E-state index contributed by atoms with van der Waals surface area (Å²) in [6.45, 7) is 3.27. The minimum absolute atomic E-state index is 0.0330. The highest BCUT2D eigenvalue weighted by Gasteiger charge is 2.33. The van der Waals surface area contributed by atoms with Gasteiger partial charge in [-0.25, -0.2) is 0 Å². The Bertz CT molecular complexity index is 867. The third-order valence-electron chi connectivity index (χ3n) is 4.92. The van der Waals surface area contributed by atoms with Gasteiger partial charge in [0.1, 0.15) is 18.1 Å². The maximum Gasteiger partial charge on any atom is 0.417 e. The summed E-state index contributed by atoms with van der Waals surface area (Å²) < 4.78 is 49.3. The van der Waals surface area contributed by atoms with Crippen molar-refractivity contribution in [1.82, 2.24) is 9.80 Å². The Morgan fingerprint density at radius 2 is 1.67 bits per heavy atom. The van der Waals surface area contributed by atoms with E-state index in [1.54, 1.807) is 36.3 Å². The van der Waals surface area contributed by atoms with E-state index in [0.717, 1.165) is 6.07 Å². The summed E-state index contributed by atoms with van der Waals surface area (Å²) in [5.74, 6) is 0.786. The number of methoxy groups -OCH3 is 1. The van der Waals surface area contributed by atoms with Gasteiger partial charge < -0.3 is 14.4 Å². The van der Waals surface area contributed by atoms with Crippen LogP contribution in [-0.4, -0.2) is 62.1 Å². The van der Waals surface area contributed by atoms with Crippen LogP contribution in [0, 0.1) is 0 Å². The Hall–Kier alpha value is -2.45. The largest absolute Gasteiger partial charge is 0.497 e. The third-order valence-corrected chi connectivity index (χ3v) is 5.25. The van der Waals surface area contributed by atoms with Crippen LogP contribution in [0.1, 0.15) is 15.9 Å². The van der Waals surface area contributed by atoms with Gasteiger partial charge in [-0.05, 0) is 42.5 Å². The third kappa shape index (κ3) is 5.58. The van der Waals surface area contributed by atoms with E-state index in [4.69, 9.17) is 21.1 Å². The van der Waals surface area contributed by atoms with E-state index in [1.807, 2.05) is 0 Å². The number of carbonyl (C=O) groups excluding carboxylic acids is 1. The molecule has 0 aromatic heterocycles. The lowest BCUT2D eigenvalue weighted by molar-refractivity contribution is -0.137. The van der Waals surface area contributed by atoms with Crippen molar-refractivity contribution in [2.75, 3.05) is 46.4 Å². The number of alkyl halides is 3. The molecule has 1 aliphatic rings. The van der Waals surface area contributed by atoms with Gasteiger partial charge in [-0.1, -0.05) is 11.6 Å². The van der Waals surface area contributed by atoms with Crippen molar-refractivity contribution in [2.24, 2.45) is 0 Å². The molecular formula is C21H22ClF3N2O3. The molecule has 1 fully saturated rings. The van der Waals surface area contributed by atoms with Crippen molar-refractivity contribution in [2.45, 2.75) is 6.18 Å². The molecule has 1 saturated heterocycles. The summed E-state index contributed by atoms with van der Waals surface area (Å²) in [6.07, 6.45) is -4.52. The van der Waals surface area contributed by atoms with Gasteiger partial charge in [-0.15, -0.1) is 0 Å². The van der Waals surface area contributed by atoms with Crippen LogP contribution in [0.2, 0.25) is 5.02 Å². The maximum atomic E-state index is 12.9. The zero-order valence-electron chi connectivity index (χ0n) is 16.4. The van der Waals surface area contributed by atoms with Crippen molar-refractivity contribution in [3.05, 3.63) is 58.6 Å². The summed E-state index contributed by atoms with van der Waals surface area (Å²) in [7, 11) is 1.57. The molecule has 2 aromatic rings. The highest BCUT2D eigenvalue weighted by atomic mass is 35.5. The smallest absolute Gasteiger partial charge is 0.417 e. The first kappa shape index (κ1) is 22.2. The topological polar surface area (TPSA) is 42.0 Å². The molecule has 2 aromatic carbocycles. The van der Waals surface area contributed by atoms with Gasteiger partial charge in [-0.2, -0.15) is 13.2 Å². The predicted octanol–water partition coefficient (Wildman–Crippen LogP) is 4.20. The van der Waals surface area contributed by atoms with Crippen LogP contribution >= 0.6 is 11.6 Å². The van der Waals surface area contributed by atoms with Gasteiger partial charge in [0, 0.05) is 38.3 Å². The lowest BCUT2D eigenvalue weighted by Gasteiger charge is -2.34. The van der Waals surface area contributed by atoms with Crippen LogP contribution in [0.25, 0.3) is 0 Å². The zero-order chi connectivity index (χ0) is 21.7. The van der Waals surface area contributed by atoms with Crippen LogP contribution < -0.4 is 9.47 Å². The van der Waals surface area contributed by atoms with Crippen LogP contribution in [-0.2, 0) is 6.18 Å². The number of hydrogen-bond acceptors (Lipinski definition) is 4. The fourth-order valence-corrected chi connectivity index (χ4v) is 3.42.